The minimum Gasteiger partial charge on any atom is -0.492 e. The second kappa shape index (κ2) is 7.76. The first-order valence-electron chi connectivity index (χ1n) is 7.75. The van der Waals surface area contributed by atoms with Crippen LogP contribution < -0.4 is 15.0 Å². The lowest BCUT2D eigenvalue weighted by atomic mass is 10.2. The van der Waals surface area contributed by atoms with Gasteiger partial charge in [-0.15, -0.1) is 0 Å². The van der Waals surface area contributed by atoms with E-state index in [1.807, 2.05) is 30.0 Å². The zero-order valence-electron chi connectivity index (χ0n) is 13.0. The predicted molar refractivity (Wildman–Crippen MR) is 85.1 cm³/mol. The minimum absolute atomic E-state index is 0.0505. The van der Waals surface area contributed by atoms with Crippen molar-refractivity contribution in [1.29, 1.82) is 0 Å². The van der Waals surface area contributed by atoms with E-state index in [1.165, 1.54) is 0 Å². The molecule has 0 radical (unpaired) electrons. The summed E-state index contributed by atoms with van der Waals surface area (Å²) in [7, 11) is 0. The fourth-order valence-corrected chi connectivity index (χ4v) is 2.49. The maximum Gasteiger partial charge on any atom is 0.317 e. The van der Waals surface area contributed by atoms with Crippen LogP contribution in [-0.2, 0) is 0 Å². The van der Waals surface area contributed by atoms with Crippen molar-refractivity contribution >= 4 is 11.7 Å². The van der Waals surface area contributed by atoms with Crippen molar-refractivity contribution in [2.75, 3.05) is 44.2 Å². The van der Waals surface area contributed by atoms with Crippen LogP contribution in [-0.4, -0.2) is 50.3 Å². The molecule has 1 aromatic rings. The Balaban J connectivity index is 1.93. The van der Waals surface area contributed by atoms with Gasteiger partial charge in [-0.2, -0.15) is 0 Å². The van der Waals surface area contributed by atoms with Gasteiger partial charge in [0.15, 0.2) is 0 Å². The molecule has 0 spiro atoms. The maximum absolute atomic E-state index is 11.9. The van der Waals surface area contributed by atoms with Crippen LogP contribution in [0, 0.1) is 0 Å². The average molecular weight is 291 g/mol. The van der Waals surface area contributed by atoms with Crippen LogP contribution in [0.5, 0.6) is 5.75 Å². The summed E-state index contributed by atoms with van der Waals surface area (Å²) in [6.07, 6.45) is 0.966. The Bertz CT molecular complexity index is 457. The predicted octanol–water partition coefficient (Wildman–Crippen LogP) is 2.33. The molecule has 5 nitrogen and oxygen atoms in total. The normalized spacial score (nSPS) is 15.0. The molecule has 116 valence electrons. The maximum atomic E-state index is 11.9. The topological polar surface area (TPSA) is 44.8 Å². The highest BCUT2D eigenvalue weighted by atomic mass is 16.5. The lowest BCUT2D eigenvalue weighted by molar-refractivity contribution is 0.194. The number of amides is 2. The van der Waals surface area contributed by atoms with E-state index in [2.05, 4.69) is 23.2 Å². The third-order valence-corrected chi connectivity index (χ3v) is 3.60. The summed E-state index contributed by atoms with van der Waals surface area (Å²) in [5.74, 6) is 0.920. The van der Waals surface area contributed by atoms with Crippen molar-refractivity contribution in [2.24, 2.45) is 0 Å². The summed E-state index contributed by atoms with van der Waals surface area (Å²) in [6, 6.07) is 8.15. The minimum atomic E-state index is 0.0505. The standard InChI is InChI=1S/C16H25N3O2/c1-3-9-17-16(20)19-12-10-18(11-13-19)14-7-5-6-8-15(14)21-4-2/h5-8H,3-4,9-13H2,1-2H3,(H,17,20). The van der Waals surface area contributed by atoms with E-state index < -0.39 is 0 Å². The van der Waals surface area contributed by atoms with Gasteiger partial charge in [0.25, 0.3) is 0 Å². The molecule has 1 aliphatic rings. The number of nitrogens with zero attached hydrogens (tertiary/aromatic N) is 2. The number of carbonyl (C=O) groups excluding carboxylic acids is 1. The molecule has 0 aromatic heterocycles. The molecule has 21 heavy (non-hydrogen) atoms. The Hall–Kier alpha value is -1.91. The Labute approximate surface area is 126 Å². The largest absolute Gasteiger partial charge is 0.492 e. The molecule has 1 N–H and O–H groups in total. The van der Waals surface area contributed by atoms with Crippen molar-refractivity contribution in [1.82, 2.24) is 10.2 Å². The quantitative estimate of drug-likeness (QED) is 0.905. The van der Waals surface area contributed by atoms with Gasteiger partial charge in [0.1, 0.15) is 5.75 Å². The SMILES string of the molecule is CCCNC(=O)N1CCN(c2ccccc2OCC)CC1. The summed E-state index contributed by atoms with van der Waals surface area (Å²) in [4.78, 5) is 16.1. The molecule has 0 atom stereocenters. The molecular formula is C16H25N3O2. The van der Waals surface area contributed by atoms with Gasteiger partial charge in [-0.25, -0.2) is 4.79 Å². The number of rotatable bonds is 5. The van der Waals surface area contributed by atoms with Crippen LogP contribution >= 0.6 is 0 Å². The molecule has 0 bridgehead atoms. The molecular weight excluding hydrogens is 266 g/mol. The fraction of sp³-hybridized carbons (Fsp3) is 0.562. The number of para-hydroxylation sites is 2. The van der Waals surface area contributed by atoms with Crippen LogP contribution in [0.4, 0.5) is 10.5 Å². The Morgan fingerprint density at radius 1 is 1.19 bits per heavy atom. The third-order valence-electron chi connectivity index (χ3n) is 3.60. The second-order valence-electron chi connectivity index (χ2n) is 5.11. The highest BCUT2D eigenvalue weighted by molar-refractivity contribution is 5.74. The van der Waals surface area contributed by atoms with Gasteiger partial charge in [-0.05, 0) is 25.5 Å². The summed E-state index contributed by atoms with van der Waals surface area (Å²) < 4.78 is 5.68. The first-order chi connectivity index (χ1) is 10.3. The zero-order valence-corrected chi connectivity index (χ0v) is 13.0. The summed E-state index contributed by atoms with van der Waals surface area (Å²) >= 11 is 0. The molecule has 5 heteroatoms. The van der Waals surface area contributed by atoms with Crippen LogP contribution in [0.15, 0.2) is 24.3 Å². The molecule has 0 aliphatic carbocycles. The average Bonchev–Trinajstić information content (AvgIpc) is 2.53. The number of piperazine rings is 1. The lowest BCUT2D eigenvalue weighted by Gasteiger charge is -2.36. The van der Waals surface area contributed by atoms with Crippen molar-refractivity contribution in [2.45, 2.75) is 20.3 Å². The van der Waals surface area contributed by atoms with Crippen LogP contribution in [0.3, 0.4) is 0 Å². The van der Waals surface area contributed by atoms with Gasteiger partial charge in [-0.1, -0.05) is 19.1 Å². The van der Waals surface area contributed by atoms with E-state index in [1.54, 1.807) is 0 Å². The summed E-state index contributed by atoms with van der Waals surface area (Å²) in [6.45, 7) is 8.62. The number of nitrogens with one attached hydrogen (secondary N) is 1. The van der Waals surface area contributed by atoms with E-state index in [9.17, 15) is 4.79 Å². The van der Waals surface area contributed by atoms with Crippen molar-refractivity contribution in [3.05, 3.63) is 24.3 Å². The molecule has 1 saturated heterocycles. The molecule has 2 amide bonds. The number of hydrogen-bond acceptors (Lipinski definition) is 3. The summed E-state index contributed by atoms with van der Waals surface area (Å²) in [5.41, 5.74) is 1.12. The van der Waals surface area contributed by atoms with E-state index in [0.29, 0.717) is 6.61 Å². The number of ether oxygens (including phenoxy) is 1. The van der Waals surface area contributed by atoms with E-state index in [4.69, 9.17) is 4.74 Å². The number of urea groups is 1. The van der Waals surface area contributed by atoms with Gasteiger partial charge in [-0.3, -0.25) is 0 Å². The van der Waals surface area contributed by atoms with Crippen LogP contribution in [0.2, 0.25) is 0 Å². The molecule has 1 heterocycles. The van der Waals surface area contributed by atoms with Gasteiger partial charge in [0.2, 0.25) is 0 Å². The summed E-state index contributed by atoms with van der Waals surface area (Å²) in [5, 5.41) is 2.93. The Morgan fingerprint density at radius 3 is 2.57 bits per heavy atom. The van der Waals surface area contributed by atoms with Gasteiger partial charge < -0.3 is 19.9 Å². The van der Waals surface area contributed by atoms with E-state index in [-0.39, 0.29) is 6.03 Å². The highest BCUT2D eigenvalue weighted by Gasteiger charge is 2.22. The lowest BCUT2D eigenvalue weighted by Crippen LogP contribution is -2.52. The Kier molecular flexibility index (Phi) is 5.72. The van der Waals surface area contributed by atoms with Crippen molar-refractivity contribution < 1.29 is 9.53 Å². The molecule has 0 unspecified atom stereocenters. The van der Waals surface area contributed by atoms with Gasteiger partial charge in [0.05, 0.1) is 12.3 Å². The number of hydrogen-bond donors (Lipinski definition) is 1. The molecule has 2 rings (SSSR count). The molecule has 1 aromatic carbocycles. The molecule has 1 aliphatic heterocycles. The third kappa shape index (κ3) is 4.03. The second-order valence-corrected chi connectivity index (χ2v) is 5.11. The van der Waals surface area contributed by atoms with Gasteiger partial charge >= 0.3 is 6.03 Å². The number of benzene rings is 1. The van der Waals surface area contributed by atoms with E-state index in [0.717, 1.165) is 50.6 Å². The molecule has 0 saturated carbocycles. The number of anilines is 1. The fourth-order valence-electron chi connectivity index (χ4n) is 2.49. The first-order valence-corrected chi connectivity index (χ1v) is 7.75. The smallest absolute Gasteiger partial charge is 0.317 e. The monoisotopic (exact) mass is 291 g/mol. The van der Waals surface area contributed by atoms with E-state index >= 15 is 0 Å². The molecule has 1 fully saturated rings. The van der Waals surface area contributed by atoms with Crippen molar-refractivity contribution in [3.63, 3.8) is 0 Å². The number of carbonyl (C=O) groups is 1. The highest BCUT2D eigenvalue weighted by Crippen LogP contribution is 2.28. The van der Waals surface area contributed by atoms with Crippen molar-refractivity contribution in [3.8, 4) is 5.75 Å². The first kappa shape index (κ1) is 15.5. The van der Waals surface area contributed by atoms with Crippen LogP contribution in [0.1, 0.15) is 20.3 Å². The van der Waals surface area contributed by atoms with Gasteiger partial charge in [0, 0.05) is 32.7 Å². The Morgan fingerprint density at radius 2 is 1.90 bits per heavy atom. The zero-order chi connectivity index (χ0) is 15.1. The van der Waals surface area contributed by atoms with Crippen LogP contribution in [0.25, 0.3) is 0 Å².